The van der Waals surface area contributed by atoms with E-state index in [1.807, 2.05) is 6.08 Å². The van der Waals surface area contributed by atoms with Crippen LogP contribution in [-0.4, -0.2) is 5.97 Å². The van der Waals surface area contributed by atoms with E-state index in [0.29, 0.717) is 0 Å². The molecule has 38 valence electrons. The largest absolute Gasteiger partial charge is 0.277 e. The second-order valence-corrected chi connectivity index (χ2v) is 1.62. The lowest BCUT2D eigenvalue weighted by molar-refractivity contribution is 0.657. The Bertz CT molecular complexity index is 117. The average Bonchev–Trinajstić information content (AvgIpc) is 1.23. The van der Waals surface area contributed by atoms with Crippen LogP contribution in [0, 0.1) is 11.3 Å². The van der Waals surface area contributed by atoms with E-state index in [1.165, 1.54) is 0 Å². The number of allylic oxidation sites excluding steroid dienone is 2. The van der Waals surface area contributed by atoms with E-state index < -0.39 is 5.97 Å². The molecule has 1 rings (SSSR count). The third-order valence-corrected chi connectivity index (χ3v) is 1.08. The zero-order chi connectivity index (χ0) is 5.28. The Balaban J connectivity index is 2.44. The fraction of sp³-hybridized carbons (Fsp3) is 0.400. The van der Waals surface area contributed by atoms with Crippen LogP contribution in [0.1, 0.15) is 6.42 Å². The maximum atomic E-state index is 11.7. The van der Waals surface area contributed by atoms with E-state index in [1.54, 1.807) is 6.08 Å². The number of rotatable bonds is 1. The van der Waals surface area contributed by atoms with Gasteiger partial charge in [-0.05, 0) is 6.42 Å². The number of nitrogens with one attached hydrogen (secondary N) is 1. The van der Waals surface area contributed by atoms with Gasteiger partial charge in [-0.3, -0.25) is 5.41 Å². The Labute approximate surface area is 41.4 Å². The van der Waals surface area contributed by atoms with Gasteiger partial charge in [0.2, 0.25) is 0 Å². The summed E-state index contributed by atoms with van der Waals surface area (Å²) in [6, 6.07) is 0. The molecule has 1 atom stereocenters. The predicted molar refractivity (Wildman–Crippen MR) is 26.1 cm³/mol. The molecule has 1 aliphatic rings. The Kier molecular flexibility index (Phi) is 0.929. The maximum Gasteiger partial charge on any atom is 0.188 e. The number of hydrogen-bond acceptors (Lipinski definition) is 1. The molecule has 0 aromatic carbocycles. The van der Waals surface area contributed by atoms with Crippen LogP contribution < -0.4 is 0 Å². The molecule has 1 nitrogen and oxygen atoms in total. The molecular weight excluding hydrogens is 93.1 g/mol. The summed E-state index contributed by atoms with van der Waals surface area (Å²) in [5.74, 6) is -0.887. The summed E-state index contributed by atoms with van der Waals surface area (Å²) in [6.07, 6.45) is 4.27. The molecule has 0 saturated carbocycles. The summed E-state index contributed by atoms with van der Waals surface area (Å²) in [4.78, 5) is 0. The molecule has 0 spiro atoms. The first kappa shape index (κ1) is 4.50. The second-order valence-electron chi connectivity index (χ2n) is 1.62. The van der Waals surface area contributed by atoms with Gasteiger partial charge in [0.05, 0.1) is 0 Å². The third-order valence-electron chi connectivity index (χ3n) is 1.08. The molecule has 0 aliphatic heterocycles. The van der Waals surface area contributed by atoms with Gasteiger partial charge in [0.25, 0.3) is 0 Å². The van der Waals surface area contributed by atoms with Crippen molar-refractivity contribution in [1.82, 2.24) is 0 Å². The molecule has 0 aromatic rings. The van der Waals surface area contributed by atoms with Crippen molar-refractivity contribution in [3.8, 4) is 0 Å². The van der Waals surface area contributed by atoms with Crippen LogP contribution in [0.2, 0.25) is 0 Å². The molecular formula is C5H6FN. The first-order valence-electron chi connectivity index (χ1n) is 2.21. The topological polar surface area (TPSA) is 23.9 Å². The maximum absolute atomic E-state index is 11.7. The highest BCUT2D eigenvalue weighted by atomic mass is 19.1. The van der Waals surface area contributed by atoms with Gasteiger partial charge in [-0.2, -0.15) is 4.39 Å². The molecule has 2 heteroatoms. The lowest BCUT2D eigenvalue weighted by Gasteiger charge is -2.11. The lowest BCUT2D eigenvalue weighted by atomic mass is 9.96. The van der Waals surface area contributed by atoms with Crippen molar-refractivity contribution < 1.29 is 4.39 Å². The zero-order valence-corrected chi connectivity index (χ0v) is 3.82. The van der Waals surface area contributed by atoms with E-state index in [2.05, 4.69) is 0 Å². The van der Waals surface area contributed by atoms with Gasteiger partial charge < -0.3 is 0 Å². The summed E-state index contributed by atoms with van der Waals surface area (Å²) in [7, 11) is 0. The normalized spacial score (nSPS) is 26.7. The summed E-state index contributed by atoms with van der Waals surface area (Å²) < 4.78 is 11.7. The van der Waals surface area contributed by atoms with Crippen molar-refractivity contribution in [1.29, 1.82) is 5.41 Å². The predicted octanol–water partition coefficient (Wildman–Crippen LogP) is 1.51. The van der Waals surface area contributed by atoms with Crippen LogP contribution in [0.5, 0.6) is 0 Å². The molecule has 0 bridgehead atoms. The Morgan fingerprint density at radius 2 is 2.43 bits per heavy atom. The molecule has 0 heterocycles. The van der Waals surface area contributed by atoms with E-state index in [0.717, 1.165) is 6.42 Å². The van der Waals surface area contributed by atoms with E-state index in [-0.39, 0.29) is 5.92 Å². The molecule has 1 aliphatic carbocycles. The van der Waals surface area contributed by atoms with Gasteiger partial charge in [-0.15, -0.1) is 0 Å². The van der Waals surface area contributed by atoms with Crippen molar-refractivity contribution in [2.45, 2.75) is 6.42 Å². The highest BCUT2D eigenvalue weighted by Crippen LogP contribution is 2.17. The van der Waals surface area contributed by atoms with Crippen LogP contribution in [-0.2, 0) is 0 Å². The number of halogens is 1. The average molecular weight is 99.1 g/mol. The monoisotopic (exact) mass is 99.0 g/mol. The lowest BCUT2D eigenvalue weighted by Crippen LogP contribution is -2.09. The van der Waals surface area contributed by atoms with E-state index in [4.69, 9.17) is 5.41 Å². The van der Waals surface area contributed by atoms with Crippen molar-refractivity contribution in [3.63, 3.8) is 0 Å². The van der Waals surface area contributed by atoms with Gasteiger partial charge in [0, 0.05) is 5.92 Å². The second kappa shape index (κ2) is 1.45. The van der Waals surface area contributed by atoms with Gasteiger partial charge >= 0.3 is 0 Å². The SMILES string of the molecule is N=C(F)C1C=CC1. The molecule has 0 saturated heterocycles. The molecule has 1 unspecified atom stereocenters. The van der Waals surface area contributed by atoms with Crippen LogP contribution >= 0.6 is 0 Å². The van der Waals surface area contributed by atoms with Crippen molar-refractivity contribution >= 4 is 5.97 Å². The zero-order valence-electron chi connectivity index (χ0n) is 3.82. The first-order chi connectivity index (χ1) is 3.30. The van der Waals surface area contributed by atoms with Gasteiger partial charge in [0.1, 0.15) is 0 Å². The van der Waals surface area contributed by atoms with Gasteiger partial charge in [-0.25, -0.2) is 0 Å². The van der Waals surface area contributed by atoms with Crippen LogP contribution in [0.15, 0.2) is 12.2 Å². The minimum atomic E-state index is -0.706. The molecule has 0 aromatic heterocycles. The smallest absolute Gasteiger partial charge is 0.188 e. The van der Waals surface area contributed by atoms with Crippen LogP contribution in [0.3, 0.4) is 0 Å². The molecule has 0 fully saturated rings. The summed E-state index contributed by atoms with van der Waals surface area (Å²) >= 11 is 0. The van der Waals surface area contributed by atoms with Gasteiger partial charge in [0.15, 0.2) is 5.97 Å². The van der Waals surface area contributed by atoms with Crippen molar-refractivity contribution in [3.05, 3.63) is 12.2 Å². The first-order valence-corrected chi connectivity index (χ1v) is 2.21. The van der Waals surface area contributed by atoms with Crippen molar-refractivity contribution in [2.24, 2.45) is 5.92 Å². The summed E-state index contributed by atoms with van der Waals surface area (Å²) in [6.45, 7) is 0. The molecule has 0 radical (unpaired) electrons. The van der Waals surface area contributed by atoms with E-state index in [9.17, 15) is 4.39 Å². The standard InChI is InChI=1S/C5H6FN/c6-5(7)4-2-1-3-4/h1-2,4,7H,3H2. The molecule has 1 N–H and O–H groups in total. The van der Waals surface area contributed by atoms with Crippen LogP contribution in [0.25, 0.3) is 0 Å². The highest BCUT2D eigenvalue weighted by Gasteiger charge is 2.14. The minimum absolute atomic E-state index is 0.181. The fourth-order valence-electron chi connectivity index (χ4n) is 0.460. The summed E-state index contributed by atoms with van der Waals surface area (Å²) in [5, 5.41) is 6.43. The quantitative estimate of drug-likeness (QED) is 0.380. The van der Waals surface area contributed by atoms with Gasteiger partial charge in [-0.1, -0.05) is 12.2 Å². The van der Waals surface area contributed by atoms with Crippen LogP contribution in [0.4, 0.5) is 4.39 Å². The van der Waals surface area contributed by atoms with E-state index >= 15 is 0 Å². The Morgan fingerprint density at radius 3 is 2.43 bits per heavy atom. The molecule has 0 amide bonds. The number of hydrogen-bond donors (Lipinski definition) is 1. The third kappa shape index (κ3) is 0.683. The van der Waals surface area contributed by atoms with Crippen molar-refractivity contribution in [2.75, 3.05) is 0 Å². The highest BCUT2D eigenvalue weighted by molar-refractivity contribution is 5.77. The Hall–Kier alpha value is -0.660. The summed E-state index contributed by atoms with van der Waals surface area (Å²) in [5.41, 5.74) is 0. The fourth-order valence-corrected chi connectivity index (χ4v) is 0.460. The molecule has 7 heavy (non-hydrogen) atoms. The Morgan fingerprint density at radius 1 is 1.86 bits per heavy atom. The minimum Gasteiger partial charge on any atom is -0.277 e.